The summed E-state index contributed by atoms with van der Waals surface area (Å²) in [6.45, 7) is 4.99. The van der Waals surface area contributed by atoms with Crippen LogP contribution in [0, 0.1) is 0 Å². The second-order valence-electron chi connectivity index (χ2n) is 4.94. The molecule has 0 aliphatic carbocycles. The number of benzene rings is 2. The van der Waals surface area contributed by atoms with E-state index in [0.717, 1.165) is 18.6 Å². The lowest BCUT2D eigenvalue weighted by Crippen LogP contribution is -2.02. The van der Waals surface area contributed by atoms with Gasteiger partial charge in [-0.05, 0) is 41.2 Å². The smallest absolute Gasteiger partial charge is 0.123 e. The first kappa shape index (κ1) is 17.1. The molecule has 0 unspecified atom stereocenters. The first-order valence-electron chi connectivity index (χ1n) is 7.26. The Morgan fingerprint density at radius 2 is 1.71 bits per heavy atom. The van der Waals surface area contributed by atoms with Crippen LogP contribution in [-0.2, 0) is 19.4 Å². The second-order valence-corrected chi connectivity index (χ2v) is 9.81. The predicted octanol–water partition coefficient (Wildman–Crippen LogP) is 6.26. The van der Waals surface area contributed by atoms with Gasteiger partial charge in [-0.25, -0.2) is 0 Å². The first-order valence-corrected chi connectivity index (χ1v) is 9.75. The Hall–Kier alpha value is -0.300. The van der Waals surface area contributed by atoms with Crippen LogP contribution in [0.3, 0.4) is 0 Å². The highest BCUT2D eigenvalue weighted by Gasteiger charge is 2.10. The number of aryl methyl sites for hydroxylation is 2. The number of ether oxygens (including phenoxy) is 1. The molecule has 3 heteroatoms. The van der Waals surface area contributed by atoms with Crippen LogP contribution in [0.2, 0.25) is 0 Å². The molecule has 0 saturated carbocycles. The van der Waals surface area contributed by atoms with Crippen molar-refractivity contribution >= 4 is 45.2 Å². The third-order valence-electron chi connectivity index (χ3n) is 3.59. The van der Waals surface area contributed by atoms with Crippen molar-refractivity contribution in [2.75, 3.05) is 0 Å². The van der Waals surface area contributed by atoms with Crippen LogP contribution in [-0.4, -0.2) is 0 Å². The van der Waals surface area contributed by atoms with Crippen molar-refractivity contribution in [3.05, 3.63) is 64.7 Å². The number of hydrogen-bond acceptors (Lipinski definition) is 1. The minimum Gasteiger partial charge on any atom is -0.489 e. The second kappa shape index (κ2) is 8.36. The maximum absolute atomic E-state index is 6.14. The van der Waals surface area contributed by atoms with Crippen LogP contribution in [0.5, 0.6) is 5.75 Å². The Labute approximate surface area is 154 Å². The number of hydrogen-bond donors (Lipinski definition) is 0. The molecule has 0 spiro atoms. The standard InChI is InChI=1S/C18H20I2O/c1-3-13-9-10-14(4-2)17(11-13)21-12-15-7-5-6-8-16(15)18(19)20/h5-11,18H,3-4,12H2,1-2H3. The van der Waals surface area contributed by atoms with Gasteiger partial charge < -0.3 is 4.74 Å². The van der Waals surface area contributed by atoms with Crippen LogP contribution in [0.25, 0.3) is 0 Å². The summed E-state index contributed by atoms with van der Waals surface area (Å²) in [7, 11) is 0. The molecular formula is C18H20I2O. The van der Waals surface area contributed by atoms with E-state index in [-0.39, 0.29) is 0 Å². The highest BCUT2D eigenvalue weighted by molar-refractivity contribution is 14.2. The van der Waals surface area contributed by atoms with E-state index in [1.165, 1.54) is 22.3 Å². The van der Waals surface area contributed by atoms with Crippen LogP contribution in [0.4, 0.5) is 0 Å². The summed E-state index contributed by atoms with van der Waals surface area (Å²) in [6, 6.07) is 15.1. The van der Waals surface area contributed by atoms with E-state index in [1.54, 1.807) is 0 Å². The van der Waals surface area contributed by atoms with E-state index in [2.05, 4.69) is 101 Å². The van der Waals surface area contributed by atoms with Gasteiger partial charge in [0.25, 0.3) is 0 Å². The Balaban J connectivity index is 2.20. The summed E-state index contributed by atoms with van der Waals surface area (Å²) in [5.74, 6) is 1.03. The maximum Gasteiger partial charge on any atom is 0.123 e. The molecule has 0 radical (unpaired) electrons. The van der Waals surface area contributed by atoms with Crippen molar-refractivity contribution in [2.24, 2.45) is 0 Å². The summed E-state index contributed by atoms with van der Waals surface area (Å²) in [5, 5.41) is 0. The molecular weight excluding hydrogens is 486 g/mol. The summed E-state index contributed by atoms with van der Waals surface area (Å²) in [4.78, 5) is 0. The van der Waals surface area contributed by atoms with E-state index < -0.39 is 0 Å². The van der Waals surface area contributed by atoms with Gasteiger partial charge in [-0.1, -0.05) is 95.4 Å². The van der Waals surface area contributed by atoms with E-state index in [4.69, 9.17) is 4.74 Å². The van der Waals surface area contributed by atoms with Crippen molar-refractivity contribution in [3.63, 3.8) is 0 Å². The van der Waals surface area contributed by atoms with E-state index >= 15 is 0 Å². The van der Waals surface area contributed by atoms with Crippen LogP contribution in [0.1, 0.15) is 38.0 Å². The zero-order chi connectivity index (χ0) is 15.2. The normalized spacial score (nSPS) is 10.9. The van der Waals surface area contributed by atoms with Gasteiger partial charge in [-0.15, -0.1) is 0 Å². The van der Waals surface area contributed by atoms with Crippen molar-refractivity contribution in [3.8, 4) is 5.75 Å². The third-order valence-corrected chi connectivity index (χ3v) is 4.94. The Bertz CT molecular complexity index is 594. The number of rotatable bonds is 6. The molecule has 21 heavy (non-hydrogen) atoms. The average molecular weight is 506 g/mol. The molecule has 0 N–H and O–H groups in total. The molecule has 0 atom stereocenters. The fraction of sp³-hybridized carbons (Fsp3) is 0.333. The largest absolute Gasteiger partial charge is 0.489 e. The lowest BCUT2D eigenvalue weighted by molar-refractivity contribution is 0.302. The Kier molecular flexibility index (Phi) is 6.79. The third kappa shape index (κ3) is 4.58. The van der Waals surface area contributed by atoms with Gasteiger partial charge in [0.1, 0.15) is 12.4 Å². The van der Waals surface area contributed by atoms with Crippen LogP contribution >= 0.6 is 45.2 Å². The van der Waals surface area contributed by atoms with Crippen molar-refractivity contribution in [1.82, 2.24) is 0 Å². The van der Waals surface area contributed by atoms with Crippen molar-refractivity contribution in [1.29, 1.82) is 0 Å². The summed E-state index contributed by atoms with van der Waals surface area (Å²) >= 11 is 4.89. The van der Waals surface area contributed by atoms with Gasteiger partial charge in [0.05, 0.1) is 1.93 Å². The molecule has 2 rings (SSSR count). The van der Waals surface area contributed by atoms with E-state index in [0.29, 0.717) is 8.54 Å². The molecule has 112 valence electrons. The fourth-order valence-electron chi connectivity index (χ4n) is 2.28. The van der Waals surface area contributed by atoms with E-state index in [1.807, 2.05) is 0 Å². The fourth-order valence-corrected chi connectivity index (χ4v) is 3.49. The zero-order valence-corrected chi connectivity index (χ0v) is 16.7. The summed E-state index contributed by atoms with van der Waals surface area (Å²) in [6.07, 6.45) is 2.04. The number of alkyl halides is 2. The lowest BCUT2D eigenvalue weighted by Gasteiger charge is -2.15. The molecule has 0 bridgehead atoms. The topological polar surface area (TPSA) is 9.23 Å². The molecule has 2 aromatic rings. The van der Waals surface area contributed by atoms with Gasteiger partial charge in [-0.2, -0.15) is 0 Å². The lowest BCUT2D eigenvalue weighted by atomic mass is 10.1. The van der Waals surface area contributed by atoms with Crippen LogP contribution < -0.4 is 4.74 Å². The monoisotopic (exact) mass is 506 g/mol. The molecule has 0 aliphatic rings. The quantitative estimate of drug-likeness (QED) is 0.332. The molecule has 0 aliphatic heterocycles. The Morgan fingerprint density at radius 1 is 0.952 bits per heavy atom. The maximum atomic E-state index is 6.14. The molecule has 0 aromatic heterocycles. The summed E-state index contributed by atoms with van der Waals surface area (Å²) in [5.41, 5.74) is 5.24. The highest BCUT2D eigenvalue weighted by Crippen LogP contribution is 2.33. The van der Waals surface area contributed by atoms with Crippen molar-refractivity contribution in [2.45, 2.75) is 35.2 Å². The van der Waals surface area contributed by atoms with E-state index in [9.17, 15) is 0 Å². The van der Waals surface area contributed by atoms with Crippen molar-refractivity contribution < 1.29 is 4.74 Å². The Morgan fingerprint density at radius 3 is 2.38 bits per heavy atom. The molecule has 0 amide bonds. The molecule has 0 fully saturated rings. The SMILES string of the molecule is CCc1ccc(CC)c(OCc2ccccc2C(I)I)c1. The van der Waals surface area contributed by atoms with Gasteiger partial charge in [0.15, 0.2) is 0 Å². The zero-order valence-electron chi connectivity index (χ0n) is 12.4. The number of halogens is 2. The molecule has 0 saturated heterocycles. The van der Waals surface area contributed by atoms with Gasteiger partial charge >= 0.3 is 0 Å². The molecule has 0 heterocycles. The predicted molar refractivity (Wildman–Crippen MR) is 107 cm³/mol. The highest BCUT2D eigenvalue weighted by atomic mass is 127. The minimum absolute atomic E-state index is 0.465. The van der Waals surface area contributed by atoms with Gasteiger partial charge in [0, 0.05) is 0 Å². The molecule has 2 aromatic carbocycles. The minimum atomic E-state index is 0.465. The average Bonchev–Trinajstić information content (AvgIpc) is 2.52. The molecule has 1 nitrogen and oxygen atoms in total. The van der Waals surface area contributed by atoms with Gasteiger partial charge in [0.2, 0.25) is 0 Å². The van der Waals surface area contributed by atoms with Gasteiger partial charge in [-0.3, -0.25) is 0 Å². The van der Waals surface area contributed by atoms with Crippen LogP contribution in [0.15, 0.2) is 42.5 Å². The summed E-state index contributed by atoms with van der Waals surface area (Å²) < 4.78 is 6.61. The first-order chi connectivity index (χ1) is 10.2.